The van der Waals surface area contributed by atoms with E-state index in [0.717, 1.165) is 18.7 Å². The molecule has 1 fully saturated rings. The Morgan fingerprint density at radius 3 is 2.58 bits per heavy atom. The van der Waals surface area contributed by atoms with E-state index in [-0.39, 0.29) is 5.96 Å². The summed E-state index contributed by atoms with van der Waals surface area (Å²) in [7, 11) is 0. The summed E-state index contributed by atoms with van der Waals surface area (Å²) in [6.07, 6.45) is 5.59. The van der Waals surface area contributed by atoms with Crippen LogP contribution in [0.4, 0.5) is 5.69 Å². The summed E-state index contributed by atoms with van der Waals surface area (Å²) in [5.41, 5.74) is 13.9. The minimum absolute atomic E-state index is 0.0289. The number of rotatable bonds is 3. The average Bonchev–Trinajstić information content (AvgIpc) is 2.41. The zero-order valence-electron chi connectivity index (χ0n) is 11.3. The molecule has 4 N–H and O–H groups in total. The highest BCUT2D eigenvalue weighted by molar-refractivity contribution is 5.83. The second-order valence-corrected chi connectivity index (χ2v) is 4.86. The molecule has 0 atom stereocenters. The highest BCUT2D eigenvalue weighted by atomic mass is 15.3. The molecule has 0 aliphatic carbocycles. The summed E-state index contributed by atoms with van der Waals surface area (Å²) in [4.78, 5) is 2.44. The van der Waals surface area contributed by atoms with E-state index in [1.807, 2.05) is 0 Å². The van der Waals surface area contributed by atoms with Crippen molar-refractivity contribution in [1.82, 2.24) is 0 Å². The molecule has 0 saturated carbocycles. The molecule has 102 valence electrons. The maximum Gasteiger partial charge on any atom is 0.211 e. The number of anilines is 1. The predicted molar refractivity (Wildman–Crippen MR) is 80.6 cm³/mol. The molecule has 0 bridgehead atoms. The third-order valence-corrected chi connectivity index (χ3v) is 3.34. The first-order valence-electron chi connectivity index (χ1n) is 6.64. The SMILES string of the molecule is Cc1cc(N2CCCCC2)ccc1C=NN=C(N)N. The van der Waals surface area contributed by atoms with Gasteiger partial charge in [-0.3, -0.25) is 0 Å². The number of hydrogen-bond acceptors (Lipinski definition) is 3. The minimum atomic E-state index is -0.0289. The van der Waals surface area contributed by atoms with Gasteiger partial charge in [0.25, 0.3) is 0 Å². The van der Waals surface area contributed by atoms with Crippen molar-refractivity contribution in [3.63, 3.8) is 0 Å². The topological polar surface area (TPSA) is 80.0 Å². The number of aryl methyl sites for hydroxylation is 1. The lowest BCUT2D eigenvalue weighted by molar-refractivity contribution is 0.578. The van der Waals surface area contributed by atoms with Gasteiger partial charge in [-0.25, -0.2) is 0 Å². The fourth-order valence-corrected chi connectivity index (χ4v) is 2.31. The first-order chi connectivity index (χ1) is 9.16. The smallest absolute Gasteiger partial charge is 0.211 e. The normalized spacial score (nSPS) is 15.7. The van der Waals surface area contributed by atoms with E-state index >= 15 is 0 Å². The number of hydrogen-bond donors (Lipinski definition) is 2. The first-order valence-corrected chi connectivity index (χ1v) is 6.64. The van der Waals surface area contributed by atoms with Gasteiger partial charge in [0.15, 0.2) is 0 Å². The van der Waals surface area contributed by atoms with Gasteiger partial charge in [-0.05, 0) is 49.4 Å². The summed E-state index contributed by atoms with van der Waals surface area (Å²) in [6.45, 7) is 4.38. The molecule has 1 aliphatic heterocycles. The Labute approximate surface area is 114 Å². The molecular formula is C14H21N5. The molecule has 1 heterocycles. The lowest BCUT2D eigenvalue weighted by atomic mass is 10.1. The Hall–Kier alpha value is -2.04. The summed E-state index contributed by atoms with van der Waals surface area (Å²) in [5.74, 6) is -0.0289. The van der Waals surface area contributed by atoms with Crippen molar-refractivity contribution in [2.45, 2.75) is 26.2 Å². The third kappa shape index (κ3) is 3.71. The van der Waals surface area contributed by atoms with Crippen LogP contribution in [0.5, 0.6) is 0 Å². The van der Waals surface area contributed by atoms with E-state index in [9.17, 15) is 0 Å². The van der Waals surface area contributed by atoms with Crippen LogP contribution in [0.2, 0.25) is 0 Å². The van der Waals surface area contributed by atoms with Crippen LogP contribution in [0.25, 0.3) is 0 Å². The monoisotopic (exact) mass is 259 g/mol. The fraction of sp³-hybridized carbons (Fsp3) is 0.429. The van der Waals surface area contributed by atoms with Gasteiger partial charge in [-0.1, -0.05) is 6.07 Å². The van der Waals surface area contributed by atoms with E-state index in [1.54, 1.807) is 6.21 Å². The van der Waals surface area contributed by atoms with Crippen LogP contribution in [0.15, 0.2) is 28.4 Å². The second-order valence-electron chi connectivity index (χ2n) is 4.86. The van der Waals surface area contributed by atoms with Gasteiger partial charge in [0.2, 0.25) is 5.96 Å². The molecule has 1 saturated heterocycles. The highest BCUT2D eigenvalue weighted by Crippen LogP contribution is 2.22. The third-order valence-electron chi connectivity index (χ3n) is 3.34. The van der Waals surface area contributed by atoms with E-state index < -0.39 is 0 Å². The molecule has 5 heteroatoms. The molecule has 2 rings (SSSR count). The Bertz CT molecular complexity index is 483. The Morgan fingerprint density at radius 2 is 1.95 bits per heavy atom. The quantitative estimate of drug-likeness (QED) is 0.491. The molecule has 0 aromatic heterocycles. The summed E-state index contributed by atoms with van der Waals surface area (Å²) >= 11 is 0. The number of benzene rings is 1. The van der Waals surface area contributed by atoms with Gasteiger partial charge in [0.1, 0.15) is 0 Å². The lowest BCUT2D eigenvalue weighted by Crippen LogP contribution is -2.29. The molecule has 1 aromatic carbocycles. The van der Waals surface area contributed by atoms with Crippen molar-refractivity contribution < 1.29 is 0 Å². The molecule has 0 spiro atoms. The van der Waals surface area contributed by atoms with Crippen LogP contribution in [0, 0.1) is 6.92 Å². The van der Waals surface area contributed by atoms with Crippen LogP contribution < -0.4 is 16.4 Å². The van der Waals surface area contributed by atoms with Gasteiger partial charge in [0.05, 0.1) is 6.21 Å². The number of piperidine rings is 1. The van der Waals surface area contributed by atoms with Crippen LogP contribution >= 0.6 is 0 Å². The van der Waals surface area contributed by atoms with E-state index in [1.165, 1.54) is 30.5 Å². The van der Waals surface area contributed by atoms with Gasteiger partial charge in [-0.15, -0.1) is 5.10 Å². The number of nitrogens with zero attached hydrogens (tertiary/aromatic N) is 3. The number of guanidine groups is 1. The zero-order valence-corrected chi connectivity index (χ0v) is 11.3. The molecule has 0 radical (unpaired) electrons. The maximum absolute atomic E-state index is 5.22. The van der Waals surface area contributed by atoms with Crippen LogP contribution in [0.3, 0.4) is 0 Å². The average molecular weight is 259 g/mol. The number of nitrogens with two attached hydrogens (primary N) is 2. The van der Waals surface area contributed by atoms with Gasteiger partial charge in [0, 0.05) is 18.8 Å². The Morgan fingerprint density at radius 1 is 1.21 bits per heavy atom. The molecule has 0 unspecified atom stereocenters. The summed E-state index contributed by atoms with van der Waals surface area (Å²) in [5, 5.41) is 7.45. The largest absolute Gasteiger partial charge is 0.372 e. The van der Waals surface area contributed by atoms with Crippen molar-refractivity contribution >= 4 is 17.9 Å². The van der Waals surface area contributed by atoms with Crippen molar-refractivity contribution in [3.05, 3.63) is 29.3 Å². The van der Waals surface area contributed by atoms with E-state index in [2.05, 4.69) is 40.2 Å². The van der Waals surface area contributed by atoms with Crippen molar-refractivity contribution in [3.8, 4) is 0 Å². The van der Waals surface area contributed by atoms with Crippen LogP contribution in [-0.2, 0) is 0 Å². The molecule has 5 nitrogen and oxygen atoms in total. The predicted octanol–water partition coefficient (Wildman–Crippen LogP) is 1.59. The van der Waals surface area contributed by atoms with E-state index in [4.69, 9.17) is 11.5 Å². The van der Waals surface area contributed by atoms with Gasteiger partial charge in [-0.2, -0.15) is 5.10 Å². The van der Waals surface area contributed by atoms with Gasteiger partial charge >= 0.3 is 0 Å². The van der Waals surface area contributed by atoms with E-state index in [0.29, 0.717) is 0 Å². The zero-order chi connectivity index (χ0) is 13.7. The van der Waals surface area contributed by atoms with Crippen LogP contribution in [-0.4, -0.2) is 25.3 Å². The second kappa shape index (κ2) is 6.22. The minimum Gasteiger partial charge on any atom is -0.372 e. The summed E-state index contributed by atoms with van der Waals surface area (Å²) < 4.78 is 0. The molecular weight excluding hydrogens is 238 g/mol. The fourth-order valence-electron chi connectivity index (χ4n) is 2.31. The summed E-state index contributed by atoms with van der Waals surface area (Å²) in [6, 6.07) is 6.39. The Balaban J connectivity index is 2.12. The molecule has 1 aliphatic rings. The lowest BCUT2D eigenvalue weighted by Gasteiger charge is -2.29. The van der Waals surface area contributed by atoms with Crippen LogP contribution in [0.1, 0.15) is 30.4 Å². The molecule has 19 heavy (non-hydrogen) atoms. The molecule has 1 aromatic rings. The first kappa shape index (κ1) is 13.4. The Kier molecular flexibility index (Phi) is 4.39. The van der Waals surface area contributed by atoms with Crippen molar-refractivity contribution in [1.29, 1.82) is 0 Å². The maximum atomic E-state index is 5.22. The van der Waals surface area contributed by atoms with Gasteiger partial charge < -0.3 is 16.4 Å². The van der Waals surface area contributed by atoms with Crippen molar-refractivity contribution in [2.24, 2.45) is 21.7 Å². The standard InChI is InChI=1S/C14H21N5/c1-11-9-13(19-7-3-2-4-8-19)6-5-12(11)10-17-18-14(15)16/h5-6,9-10H,2-4,7-8H2,1H3,(H4,15,16,18). The molecule has 0 amide bonds. The highest BCUT2D eigenvalue weighted by Gasteiger charge is 2.11. The van der Waals surface area contributed by atoms with Crippen molar-refractivity contribution in [2.75, 3.05) is 18.0 Å².